The number of hydrogen-bond acceptors (Lipinski definition) is 4. The number of carbonyl (C=O) groups excluding carboxylic acids is 1. The van der Waals surface area contributed by atoms with Gasteiger partial charge in [-0.25, -0.2) is 9.48 Å². The minimum absolute atomic E-state index is 0.181. The van der Waals surface area contributed by atoms with Crippen LogP contribution in [0.25, 0.3) is 5.65 Å². The van der Waals surface area contributed by atoms with Crippen LogP contribution in [0, 0.1) is 5.41 Å². The van der Waals surface area contributed by atoms with Crippen molar-refractivity contribution >= 4 is 11.6 Å². The number of esters is 1. The molecule has 2 aromatic rings. The molecule has 0 aliphatic heterocycles. The van der Waals surface area contributed by atoms with Crippen molar-refractivity contribution in [3.8, 4) is 0 Å². The molecule has 96 valence electrons. The number of aromatic nitrogens is 3. The first-order chi connectivity index (χ1) is 8.45. The van der Waals surface area contributed by atoms with E-state index in [1.54, 1.807) is 38.2 Å². The minimum Gasteiger partial charge on any atom is -0.469 e. The fourth-order valence-electron chi connectivity index (χ4n) is 1.79. The number of methoxy groups -OCH3 is 1. The Balaban J connectivity index is 2.41. The third-order valence-electron chi connectivity index (χ3n) is 2.77. The molecule has 0 radical (unpaired) electrons. The van der Waals surface area contributed by atoms with Gasteiger partial charge in [-0.1, -0.05) is 6.07 Å². The fraction of sp³-hybridized carbons (Fsp3) is 0.417. The molecule has 0 saturated carbocycles. The number of fused-ring (bicyclic) bond motifs is 1. The summed E-state index contributed by atoms with van der Waals surface area (Å²) in [5.41, 5.74) is -0.498. The van der Waals surface area contributed by atoms with Crippen LogP contribution in [0.5, 0.6) is 0 Å². The summed E-state index contributed by atoms with van der Waals surface area (Å²) in [6.45, 7) is 3.62. The molecule has 0 aromatic carbocycles. The first-order valence-electron chi connectivity index (χ1n) is 5.58. The number of rotatable bonds is 3. The Bertz CT molecular complexity index is 639. The molecule has 0 aliphatic carbocycles. The third-order valence-corrected chi connectivity index (χ3v) is 2.77. The van der Waals surface area contributed by atoms with Gasteiger partial charge in [-0.3, -0.25) is 9.20 Å². The van der Waals surface area contributed by atoms with E-state index in [0.29, 0.717) is 5.65 Å². The molecule has 0 amide bonds. The highest BCUT2D eigenvalue weighted by Gasteiger charge is 2.30. The molecule has 2 heterocycles. The molecule has 0 unspecified atom stereocenters. The molecular formula is C12H15N3O3. The summed E-state index contributed by atoms with van der Waals surface area (Å²) in [5, 5.41) is 4.17. The molecule has 0 spiro atoms. The predicted molar refractivity (Wildman–Crippen MR) is 65.2 cm³/mol. The Morgan fingerprint density at radius 1 is 1.44 bits per heavy atom. The Morgan fingerprint density at radius 2 is 2.17 bits per heavy atom. The molecule has 2 rings (SSSR count). The van der Waals surface area contributed by atoms with Gasteiger partial charge in [0, 0.05) is 6.20 Å². The molecule has 0 N–H and O–H groups in total. The largest absolute Gasteiger partial charge is 0.469 e. The maximum atomic E-state index is 12.0. The van der Waals surface area contributed by atoms with Crippen LogP contribution >= 0.6 is 0 Å². The molecule has 6 heteroatoms. The van der Waals surface area contributed by atoms with Gasteiger partial charge in [-0.2, -0.15) is 0 Å². The van der Waals surface area contributed by atoms with Crippen LogP contribution in [-0.2, 0) is 16.1 Å². The summed E-state index contributed by atoms with van der Waals surface area (Å²) in [5.74, 6) is -0.369. The molecular weight excluding hydrogens is 234 g/mol. The Hall–Kier alpha value is -2.11. The molecule has 0 fully saturated rings. The molecule has 18 heavy (non-hydrogen) atoms. The Morgan fingerprint density at radius 3 is 2.78 bits per heavy atom. The van der Waals surface area contributed by atoms with Gasteiger partial charge in [0.05, 0.1) is 19.1 Å². The average Bonchev–Trinajstić information content (AvgIpc) is 2.65. The van der Waals surface area contributed by atoms with Gasteiger partial charge in [-0.15, -0.1) is 5.10 Å². The topological polar surface area (TPSA) is 65.6 Å². The van der Waals surface area contributed by atoms with E-state index in [2.05, 4.69) is 5.10 Å². The van der Waals surface area contributed by atoms with Crippen LogP contribution in [0.15, 0.2) is 29.2 Å². The van der Waals surface area contributed by atoms with Crippen molar-refractivity contribution in [3.05, 3.63) is 34.9 Å². The number of nitrogens with zero attached hydrogens (tertiary/aromatic N) is 3. The van der Waals surface area contributed by atoms with Gasteiger partial charge < -0.3 is 4.74 Å². The predicted octanol–water partition coefficient (Wildman–Crippen LogP) is 0.695. The van der Waals surface area contributed by atoms with E-state index in [0.717, 1.165) is 0 Å². The molecule has 0 bridgehead atoms. The zero-order valence-electron chi connectivity index (χ0n) is 10.6. The van der Waals surface area contributed by atoms with Crippen LogP contribution in [0.3, 0.4) is 0 Å². The number of ether oxygens (including phenoxy) is 1. The van der Waals surface area contributed by atoms with E-state index in [1.807, 2.05) is 0 Å². The van der Waals surface area contributed by atoms with E-state index in [1.165, 1.54) is 16.2 Å². The van der Waals surface area contributed by atoms with E-state index >= 15 is 0 Å². The SMILES string of the molecule is COC(=O)C(C)(C)Cn1nc2ccccn2c1=O. The maximum Gasteiger partial charge on any atom is 0.350 e. The van der Waals surface area contributed by atoms with Crippen molar-refractivity contribution in [2.45, 2.75) is 20.4 Å². The zero-order valence-corrected chi connectivity index (χ0v) is 10.6. The highest BCUT2D eigenvalue weighted by Crippen LogP contribution is 2.18. The van der Waals surface area contributed by atoms with E-state index in [9.17, 15) is 9.59 Å². The van der Waals surface area contributed by atoms with Crippen molar-refractivity contribution in [2.24, 2.45) is 5.41 Å². The fourth-order valence-corrected chi connectivity index (χ4v) is 1.79. The first-order valence-corrected chi connectivity index (χ1v) is 5.58. The smallest absolute Gasteiger partial charge is 0.350 e. The van der Waals surface area contributed by atoms with Crippen molar-refractivity contribution in [1.82, 2.24) is 14.2 Å². The second-order valence-electron chi connectivity index (χ2n) is 4.74. The summed E-state index contributed by atoms with van der Waals surface area (Å²) in [6.07, 6.45) is 1.65. The van der Waals surface area contributed by atoms with Gasteiger partial charge >= 0.3 is 11.7 Å². The van der Waals surface area contributed by atoms with E-state index in [4.69, 9.17) is 4.74 Å². The highest BCUT2D eigenvalue weighted by atomic mass is 16.5. The summed E-state index contributed by atoms with van der Waals surface area (Å²) >= 11 is 0. The van der Waals surface area contributed by atoms with E-state index < -0.39 is 5.41 Å². The molecule has 2 aromatic heterocycles. The normalized spacial score (nSPS) is 11.7. The summed E-state index contributed by atoms with van der Waals surface area (Å²) in [7, 11) is 1.33. The van der Waals surface area contributed by atoms with Gasteiger partial charge in [0.1, 0.15) is 0 Å². The molecule has 0 aliphatic rings. The lowest BCUT2D eigenvalue weighted by molar-refractivity contribution is -0.151. The van der Waals surface area contributed by atoms with Crippen molar-refractivity contribution in [2.75, 3.05) is 7.11 Å². The number of carbonyl (C=O) groups is 1. The average molecular weight is 249 g/mol. The lowest BCUT2D eigenvalue weighted by Gasteiger charge is -2.20. The second kappa shape index (κ2) is 4.29. The van der Waals surface area contributed by atoms with Crippen molar-refractivity contribution < 1.29 is 9.53 Å². The molecule has 0 atom stereocenters. The summed E-state index contributed by atoms with van der Waals surface area (Å²) in [6, 6.07) is 5.30. The monoisotopic (exact) mass is 249 g/mol. The lowest BCUT2D eigenvalue weighted by atomic mass is 9.94. The third kappa shape index (κ3) is 2.01. The van der Waals surface area contributed by atoms with Gasteiger partial charge in [0.25, 0.3) is 0 Å². The first kappa shape index (κ1) is 12.3. The molecule has 0 saturated heterocycles. The van der Waals surface area contributed by atoms with Crippen LogP contribution in [0.2, 0.25) is 0 Å². The molecule has 6 nitrogen and oxygen atoms in total. The maximum absolute atomic E-state index is 12.0. The minimum atomic E-state index is -0.795. The van der Waals surface area contributed by atoms with Crippen LogP contribution < -0.4 is 5.69 Å². The quantitative estimate of drug-likeness (QED) is 0.751. The highest BCUT2D eigenvalue weighted by molar-refractivity contribution is 5.75. The second-order valence-corrected chi connectivity index (χ2v) is 4.74. The summed E-state index contributed by atoms with van der Waals surface area (Å²) < 4.78 is 7.43. The zero-order chi connectivity index (χ0) is 13.3. The van der Waals surface area contributed by atoms with Crippen LogP contribution in [-0.4, -0.2) is 27.3 Å². The number of pyridine rings is 1. The van der Waals surface area contributed by atoms with E-state index in [-0.39, 0.29) is 18.2 Å². The van der Waals surface area contributed by atoms with Gasteiger partial charge in [-0.05, 0) is 26.0 Å². The Labute approximate surface area is 104 Å². The van der Waals surface area contributed by atoms with Gasteiger partial charge in [0.15, 0.2) is 5.65 Å². The Kier molecular flexibility index (Phi) is 2.94. The lowest BCUT2D eigenvalue weighted by Crippen LogP contribution is -2.35. The standard InChI is InChI=1S/C12H15N3O3/c1-12(2,10(16)18-3)8-15-11(17)14-7-5-4-6-9(14)13-15/h4-7H,8H2,1-3H3. The van der Waals surface area contributed by atoms with Gasteiger partial charge in [0.2, 0.25) is 0 Å². The van der Waals surface area contributed by atoms with Crippen molar-refractivity contribution in [1.29, 1.82) is 0 Å². The van der Waals surface area contributed by atoms with Crippen LogP contribution in [0.1, 0.15) is 13.8 Å². The summed E-state index contributed by atoms with van der Waals surface area (Å²) in [4.78, 5) is 23.6. The van der Waals surface area contributed by atoms with Crippen LogP contribution in [0.4, 0.5) is 0 Å². The number of hydrogen-bond donors (Lipinski definition) is 0. The van der Waals surface area contributed by atoms with Crippen molar-refractivity contribution in [3.63, 3.8) is 0 Å².